The predicted molar refractivity (Wildman–Crippen MR) is 78.6 cm³/mol. The second-order valence-corrected chi connectivity index (χ2v) is 7.07. The van der Waals surface area contributed by atoms with Gasteiger partial charge in [0.1, 0.15) is 15.6 Å². The first-order valence-corrected chi connectivity index (χ1v) is 8.40. The highest BCUT2D eigenvalue weighted by Gasteiger charge is 2.19. The zero-order chi connectivity index (χ0) is 14.6. The first-order valence-electron chi connectivity index (χ1n) is 6.34. The van der Waals surface area contributed by atoms with Crippen LogP contribution in [0.3, 0.4) is 0 Å². The number of rotatable bonds is 6. The zero-order valence-corrected chi connectivity index (χ0v) is 13.1. The van der Waals surface area contributed by atoms with E-state index >= 15 is 0 Å². The first kappa shape index (κ1) is 16.0. The minimum absolute atomic E-state index is 0.105. The molecule has 0 amide bonds. The largest absolute Gasteiger partial charge is 0.496 e. The second-order valence-electron chi connectivity index (χ2n) is 4.88. The molecule has 1 unspecified atom stereocenters. The smallest absolute Gasteiger partial charge is 0.149 e. The molecule has 1 N–H and O–H groups in total. The van der Waals surface area contributed by atoms with E-state index in [0.29, 0.717) is 0 Å². The van der Waals surface area contributed by atoms with Crippen molar-refractivity contribution in [3.05, 3.63) is 28.8 Å². The Bertz CT molecular complexity index is 538. The summed E-state index contributed by atoms with van der Waals surface area (Å²) < 4.78 is 28.4. The summed E-state index contributed by atoms with van der Waals surface area (Å²) in [5.41, 5.74) is 3.07. The third kappa shape index (κ3) is 4.51. The number of benzene rings is 1. The van der Waals surface area contributed by atoms with Crippen LogP contribution in [-0.2, 0) is 9.84 Å². The molecule has 0 spiro atoms. The quantitative estimate of drug-likeness (QED) is 0.868. The van der Waals surface area contributed by atoms with Crippen LogP contribution in [0.15, 0.2) is 12.1 Å². The number of methoxy groups -OCH3 is 1. The predicted octanol–water partition coefficient (Wildman–Crippen LogP) is 2.01. The van der Waals surface area contributed by atoms with Crippen LogP contribution < -0.4 is 10.1 Å². The van der Waals surface area contributed by atoms with Crippen molar-refractivity contribution in [2.75, 3.05) is 25.7 Å². The van der Waals surface area contributed by atoms with Gasteiger partial charge >= 0.3 is 0 Å². The lowest BCUT2D eigenvalue weighted by Gasteiger charge is -2.21. The van der Waals surface area contributed by atoms with Gasteiger partial charge in [-0.15, -0.1) is 0 Å². The Labute approximate surface area is 116 Å². The van der Waals surface area contributed by atoms with E-state index in [4.69, 9.17) is 4.74 Å². The summed E-state index contributed by atoms with van der Waals surface area (Å²) in [6, 6.07) is 3.79. The molecule has 1 aromatic carbocycles. The van der Waals surface area contributed by atoms with Gasteiger partial charge in [0, 0.05) is 12.3 Å². The fourth-order valence-electron chi connectivity index (χ4n) is 2.22. The van der Waals surface area contributed by atoms with Crippen LogP contribution in [0.1, 0.15) is 29.7 Å². The Kier molecular flexibility index (Phi) is 5.38. The molecular formula is C14H23NO3S. The van der Waals surface area contributed by atoms with Gasteiger partial charge in [0.25, 0.3) is 0 Å². The number of hydrogen-bond donors (Lipinski definition) is 1. The summed E-state index contributed by atoms with van der Waals surface area (Å²) in [6.45, 7) is 6.64. The Balaban J connectivity index is 3.19. The van der Waals surface area contributed by atoms with E-state index in [0.717, 1.165) is 29.0 Å². The normalized spacial score (nSPS) is 13.3. The van der Waals surface area contributed by atoms with Gasteiger partial charge in [-0.1, -0.05) is 13.0 Å². The summed E-state index contributed by atoms with van der Waals surface area (Å²) in [5.74, 6) is 0.934. The molecule has 4 nitrogen and oxygen atoms in total. The average molecular weight is 285 g/mol. The maximum atomic E-state index is 11.5. The fourth-order valence-corrected chi connectivity index (χ4v) is 3.12. The van der Waals surface area contributed by atoms with Gasteiger partial charge in [0.2, 0.25) is 0 Å². The topological polar surface area (TPSA) is 55.4 Å². The average Bonchev–Trinajstić information content (AvgIpc) is 2.29. The Morgan fingerprint density at radius 1 is 1.26 bits per heavy atom. The monoisotopic (exact) mass is 285 g/mol. The van der Waals surface area contributed by atoms with Crippen LogP contribution >= 0.6 is 0 Å². The van der Waals surface area contributed by atoms with Crippen molar-refractivity contribution in [2.24, 2.45) is 0 Å². The second kappa shape index (κ2) is 6.39. The number of sulfone groups is 1. The summed E-state index contributed by atoms with van der Waals surface area (Å²) in [5, 5.41) is 3.24. The van der Waals surface area contributed by atoms with Crippen molar-refractivity contribution in [2.45, 2.75) is 26.8 Å². The third-order valence-corrected chi connectivity index (χ3v) is 4.02. The molecule has 1 rings (SSSR count). The maximum Gasteiger partial charge on any atom is 0.149 e. The van der Waals surface area contributed by atoms with Crippen LogP contribution in [0.5, 0.6) is 5.75 Å². The molecule has 108 valence electrons. The molecule has 0 heterocycles. The molecule has 0 aliphatic rings. The highest BCUT2D eigenvalue weighted by molar-refractivity contribution is 7.90. The summed E-state index contributed by atoms with van der Waals surface area (Å²) in [6.07, 6.45) is 1.27. The lowest BCUT2D eigenvalue weighted by atomic mass is 9.99. The van der Waals surface area contributed by atoms with E-state index in [9.17, 15) is 8.42 Å². The van der Waals surface area contributed by atoms with Crippen LogP contribution in [0, 0.1) is 13.8 Å². The van der Waals surface area contributed by atoms with Crippen LogP contribution in [0.2, 0.25) is 0 Å². The van der Waals surface area contributed by atoms with Crippen molar-refractivity contribution in [3.63, 3.8) is 0 Å². The van der Waals surface area contributed by atoms with Crippen LogP contribution in [0.25, 0.3) is 0 Å². The lowest BCUT2D eigenvalue weighted by molar-refractivity contribution is 0.411. The van der Waals surface area contributed by atoms with Crippen molar-refractivity contribution < 1.29 is 13.2 Å². The molecule has 0 radical (unpaired) electrons. The van der Waals surface area contributed by atoms with Gasteiger partial charge in [0.05, 0.1) is 12.9 Å². The molecule has 0 aliphatic carbocycles. The van der Waals surface area contributed by atoms with Gasteiger partial charge < -0.3 is 10.1 Å². The Hall–Kier alpha value is -1.07. The lowest BCUT2D eigenvalue weighted by Crippen LogP contribution is -2.28. The number of hydrogen-bond acceptors (Lipinski definition) is 4. The minimum atomic E-state index is -3.03. The highest BCUT2D eigenvalue weighted by atomic mass is 32.2. The van der Waals surface area contributed by atoms with E-state index in [1.807, 2.05) is 32.9 Å². The number of aryl methyl sites for hydroxylation is 2. The zero-order valence-electron chi connectivity index (χ0n) is 12.3. The van der Waals surface area contributed by atoms with Crippen LogP contribution in [-0.4, -0.2) is 34.1 Å². The van der Waals surface area contributed by atoms with E-state index in [1.165, 1.54) is 6.26 Å². The van der Waals surface area contributed by atoms with Crippen molar-refractivity contribution in [1.82, 2.24) is 5.32 Å². The summed E-state index contributed by atoms with van der Waals surface area (Å²) in [4.78, 5) is 0. The van der Waals surface area contributed by atoms with Crippen molar-refractivity contribution in [1.29, 1.82) is 0 Å². The molecule has 0 bridgehead atoms. The van der Waals surface area contributed by atoms with Gasteiger partial charge in [-0.3, -0.25) is 0 Å². The third-order valence-electron chi connectivity index (χ3n) is 3.08. The van der Waals surface area contributed by atoms with Gasteiger partial charge in [-0.25, -0.2) is 8.42 Å². The molecule has 1 atom stereocenters. The standard InChI is InChI=1S/C14H23NO3S/c1-6-15-13(9-19(5,16)17)12-7-11(3)14(18-4)8-10(12)2/h7-8,13,15H,6,9H2,1-5H3. The molecular weight excluding hydrogens is 262 g/mol. The molecule has 0 aliphatic heterocycles. The fraction of sp³-hybridized carbons (Fsp3) is 0.571. The van der Waals surface area contributed by atoms with E-state index < -0.39 is 9.84 Å². The van der Waals surface area contributed by atoms with Gasteiger partial charge in [-0.05, 0) is 43.1 Å². The highest BCUT2D eigenvalue weighted by Crippen LogP contribution is 2.27. The van der Waals surface area contributed by atoms with Gasteiger partial charge in [-0.2, -0.15) is 0 Å². The molecule has 0 saturated heterocycles. The Morgan fingerprint density at radius 2 is 1.89 bits per heavy atom. The molecule has 5 heteroatoms. The first-order chi connectivity index (χ1) is 8.78. The van der Waals surface area contributed by atoms with E-state index in [2.05, 4.69) is 5.32 Å². The number of nitrogens with one attached hydrogen (secondary N) is 1. The Morgan fingerprint density at radius 3 is 2.37 bits per heavy atom. The van der Waals surface area contributed by atoms with Crippen molar-refractivity contribution in [3.8, 4) is 5.75 Å². The van der Waals surface area contributed by atoms with Gasteiger partial charge in [0.15, 0.2) is 0 Å². The van der Waals surface area contributed by atoms with Crippen LogP contribution in [0.4, 0.5) is 0 Å². The van der Waals surface area contributed by atoms with E-state index in [1.54, 1.807) is 7.11 Å². The molecule has 0 saturated carbocycles. The minimum Gasteiger partial charge on any atom is -0.496 e. The summed E-state index contributed by atoms with van der Waals surface area (Å²) >= 11 is 0. The number of ether oxygens (including phenoxy) is 1. The molecule has 0 aromatic heterocycles. The molecule has 1 aromatic rings. The molecule has 0 fully saturated rings. The molecule has 19 heavy (non-hydrogen) atoms. The van der Waals surface area contributed by atoms with E-state index in [-0.39, 0.29) is 11.8 Å². The summed E-state index contributed by atoms with van der Waals surface area (Å²) in [7, 11) is -1.39. The SMILES string of the molecule is CCNC(CS(C)(=O)=O)c1cc(C)c(OC)cc1C. The van der Waals surface area contributed by atoms with Crippen molar-refractivity contribution >= 4 is 9.84 Å². The maximum absolute atomic E-state index is 11.5.